The molecule has 100 valence electrons. The van der Waals surface area contributed by atoms with Gasteiger partial charge in [-0.05, 0) is 51.7 Å². The molecule has 0 radical (unpaired) electrons. The first-order valence-corrected chi connectivity index (χ1v) is 7.03. The van der Waals surface area contributed by atoms with Crippen molar-refractivity contribution in [2.75, 3.05) is 26.7 Å². The Kier molecular flexibility index (Phi) is 3.61. The van der Waals surface area contributed by atoms with Crippen molar-refractivity contribution in [3.05, 3.63) is 11.7 Å². The van der Waals surface area contributed by atoms with E-state index in [2.05, 4.69) is 27.4 Å². The van der Waals surface area contributed by atoms with E-state index in [-0.39, 0.29) is 0 Å². The fourth-order valence-electron chi connectivity index (χ4n) is 2.66. The predicted molar refractivity (Wildman–Crippen MR) is 68.2 cm³/mol. The first kappa shape index (κ1) is 12.1. The second-order valence-electron chi connectivity index (χ2n) is 5.73. The van der Waals surface area contributed by atoms with Gasteiger partial charge in [0.25, 0.3) is 0 Å². The molecule has 0 amide bonds. The number of hydrogen-bond donors (Lipinski definition) is 1. The summed E-state index contributed by atoms with van der Waals surface area (Å²) in [5, 5.41) is 7.51. The van der Waals surface area contributed by atoms with Crippen molar-refractivity contribution in [3.8, 4) is 0 Å². The molecule has 1 saturated heterocycles. The Morgan fingerprint density at radius 2 is 2.28 bits per heavy atom. The maximum absolute atomic E-state index is 5.31. The van der Waals surface area contributed by atoms with Crippen LogP contribution in [0.15, 0.2) is 4.52 Å². The van der Waals surface area contributed by atoms with E-state index in [1.807, 2.05) is 0 Å². The monoisotopic (exact) mass is 250 g/mol. The average Bonchev–Trinajstić information content (AvgIpc) is 3.12. The normalized spacial score (nSPS) is 24.7. The molecule has 1 atom stereocenters. The van der Waals surface area contributed by atoms with Gasteiger partial charge in [-0.2, -0.15) is 4.98 Å². The van der Waals surface area contributed by atoms with Crippen LogP contribution >= 0.6 is 0 Å². The maximum Gasteiger partial charge on any atom is 0.240 e. The molecule has 1 saturated carbocycles. The highest BCUT2D eigenvalue weighted by Gasteiger charge is 2.29. The van der Waals surface area contributed by atoms with Crippen LogP contribution in [0.3, 0.4) is 0 Å². The third-order valence-corrected chi connectivity index (χ3v) is 3.80. The van der Waals surface area contributed by atoms with Gasteiger partial charge in [-0.1, -0.05) is 5.16 Å². The van der Waals surface area contributed by atoms with Crippen molar-refractivity contribution >= 4 is 0 Å². The summed E-state index contributed by atoms with van der Waals surface area (Å²) in [5.74, 6) is 3.02. The van der Waals surface area contributed by atoms with Crippen LogP contribution in [0.5, 0.6) is 0 Å². The van der Waals surface area contributed by atoms with Gasteiger partial charge in [0.15, 0.2) is 5.82 Å². The van der Waals surface area contributed by atoms with Crippen LogP contribution in [-0.4, -0.2) is 41.7 Å². The summed E-state index contributed by atoms with van der Waals surface area (Å²) in [6.07, 6.45) is 5.07. The van der Waals surface area contributed by atoms with Crippen molar-refractivity contribution < 1.29 is 4.52 Å². The standard InChI is InChI=1S/C13H22N4O/c1-17(8-10-3-2-6-14-7-10)9-12-15-13(16-18-12)11-4-5-11/h10-11,14H,2-9H2,1H3. The van der Waals surface area contributed by atoms with Crippen molar-refractivity contribution in [1.82, 2.24) is 20.4 Å². The lowest BCUT2D eigenvalue weighted by molar-refractivity contribution is 0.213. The molecule has 5 heteroatoms. The van der Waals surface area contributed by atoms with E-state index < -0.39 is 0 Å². The smallest absolute Gasteiger partial charge is 0.240 e. The van der Waals surface area contributed by atoms with Crippen molar-refractivity contribution in [1.29, 1.82) is 0 Å². The third-order valence-electron chi connectivity index (χ3n) is 3.80. The number of piperidine rings is 1. The summed E-state index contributed by atoms with van der Waals surface area (Å²) in [7, 11) is 2.13. The molecule has 2 heterocycles. The maximum atomic E-state index is 5.31. The van der Waals surface area contributed by atoms with E-state index in [1.165, 1.54) is 32.2 Å². The highest BCUT2D eigenvalue weighted by Crippen LogP contribution is 2.38. The Labute approximate surface area is 108 Å². The molecule has 0 spiro atoms. The summed E-state index contributed by atoms with van der Waals surface area (Å²) >= 11 is 0. The minimum atomic E-state index is 0.579. The predicted octanol–water partition coefficient (Wildman–Crippen LogP) is 1.38. The number of nitrogens with zero attached hydrogens (tertiary/aromatic N) is 3. The van der Waals surface area contributed by atoms with Crippen LogP contribution in [-0.2, 0) is 6.54 Å². The number of aromatic nitrogens is 2. The van der Waals surface area contributed by atoms with Crippen LogP contribution in [0.1, 0.15) is 43.3 Å². The molecule has 1 aromatic rings. The van der Waals surface area contributed by atoms with E-state index in [0.29, 0.717) is 5.92 Å². The molecule has 1 unspecified atom stereocenters. The molecule has 1 N–H and O–H groups in total. The van der Waals surface area contributed by atoms with Gasteiger partial charge in [-0.15, -0.1) is 0 Å². The van der Waals surface area contributed by atoms with Gasteiger partial charge in [0, 0.05) is 12.5 Å². The van der Waals surface area contributed by atoms with Crippen LogP contribution < -0.4 is 5.32 Å². The number of hydrogen-bond acceptors (Lipinski definition) is 5. The van der Waals surface area contributed by atoms with Gasteiger partial charge < -0.3 is 9.84 Å². The van der Waals surface area contributed by atoms with Gasteiger partial charge >= 0.3 is 0 Å². The van der Waals surface area contributed by atoms with E-state index in [9.17, 15) is 0 Å². The van der Waals surface area contributed by atoms with E-state index in [4.69, 9.17) is 4.52 Å². The lowest BCUT2D eigenvalue weighted by Gasteiger charge is -2.26. The van der Waals surface area contributed by atoms with Crippen molar-refractivity contribution in [3.63, 3.8) is 0 Å². The zero-order valence-corrected chi connectivity index (χ0v) is 11.1. The Morgan fingerprint density at radius 3 is 3.00 bits per heavy atom. The molecule has 2 fully saturated rings. The molecular weight excluding hydrogens is 228 g/mol. The fourth-order valence-corrected chi connectivity index (χ4v) is 2.66. The molecule has 0 aromatic carbocycles. The molecule has 1 aliphatic heterocycles. The summed E-state index contributed by atoms with van der Waals surface area (Å²) < 4.78 is 5.31. The van der Waals surface area contributed by atoms with Crippen molar-refractivity contribution in [2.45, 2.75) is 38.1 Å². The van der Waals surface area contributed by atoms with Gasteiger partial charge in [-0.3, -0.25) is 4.90 Å². The Bertz CT molecular complexity index is 382. The average molecular weight is 250 g/mol. The second-order valence-corrected chi connectivity index (χ2v) is 5.73. The van der Waals surface area contributed by atoms with Gasteiger partial charge in [0.1, 0.15) is 0 Å². The van der Waals surface area contributed by atoms with Crippen LogP contribution in [0, 0.1) is 5.92 Å². The molecule has 18 heavy (non-hydrogen) atoms. The molecule has 2 aliphatic rings. The van der Waals surface area contributed by atoms with Crippen molar-refractivity contribution in [2.24, 2.45) is 5.92 Å². The largest absolute Gasteiger partial charge is 0.338 e. The Balaban J connectivity index is 1.48. The highest BCUT2D eigenvalue weighted by molar-refractivity contribution is 5.03. The summed E-state index contributed by atoms with van der Waals surface area (Å²) in [6, 6.07) is 0. The minimum Gasteiger partial charge on any atom is -0.338 e. The van der Waals surface area contributed by atoms with Gasteiger partial charge in [-0.25, -0.2) is 0 Å². The van der Waals surface area contributed by atoms with Crippen LogP contribution in [0.4, 0.5) is 0 Å². The lowest BCUT2D eigenvalue weighted by Crippen LogP contribution is -2.36. The topological polar surface area (TPSA) is 54.2 Å². The highest BCUT2D eigenvalue weighted by atomic mass is 16.5. The van der Waals surface area contributed by atoms with Gasteiger partial charge in [0.2, 0.25) is 5.89 Å². The van der Waals surface area contributed by atoms with E-state index >= 15 is 0 Å². The quantitative estimate of drug-likeness (QED) is 0.855. The van der Waals surface area contributed by atoms with Gasteiger partial charge in [0.05, 0.1) is 6.54 Å². The molecule has 1 aromatic heterocycles. The lowest BCUT2D eigenvalue weighted by atomic mass is 9.99. The molecule has 5 nitrogen and oxygen atoms in total. The summed E-state index contributed by atoms with van der Waals surface area (Å²) in [4.78, 5) is 6.76. The molecular formula is C13H22N4O. The first-order chi connectivity index (χ1) is 8.81. The van der Waals surface area contributed by atoms with E-state index in [1.54, 1.807) is 0 Å². The molecule has 3 rings (SSSR count). The fraction of sp³-hybridized carbons (Fsp3) is 0.846. The van der Waals surface area contributed by atoms with E-state index in [0.717, 1.165) is 37.3 Å². The summed E-state index contributed by atoms with van der Waals surface area (Å²) in [6.45, 7) is 4.19. The van der Waals surface area contributed by atoms with Crippen LogP contribution in [0.2, 0.25) is 0 Å². The Morgan fingerprint density at radius 1 is 1.39 bits per heavy atom. The Hall–Kier alpha value is -0.940. The third kappa shape index (κ3) is 3.09. The first-order valence-electron chi connectivity index (χ1n) is 7.03. The second kappa shape index (κ2) is 5.36. The minimum absolute atomic E-state index is 0.579. The zero-order chi connectivity index (χ0) is 12.4. The summed E-state index contributed by atoms with van der Waals surface area (Å²) in [5.41, 5.74) is 0. The number of nitrogens with one attached hydrogen (secondary N) is 1. The number of rotatable bonds is 5. The zero-order valence-electron chi connectivity index (χ0n) is 11.1. The van der Waals surface area contributed by atoms with Crippen LogP contribution in [0.25, 0.3) is 0 Å². The molecule has 1 aliphatic carbocycles. The molecule has 0 bridgehead atoms. The SMILES string of the molecule is CN(Cc1nc(C2CC2)no1)CC1CCCNC1.